The second-order valence-electron chi connectivity index (χ2n) is 4.23. The van der Waals surface area contributed by atoms with Crippen LogP contribution in [0.4, 0.5) is 4.39 Å². The summed E-state index contributed by atoms with van der Waals surface area (Å²) in [6.45, 7) is 5.21. The summed E-state index contributed by atoms with van der Waals surface area (Å²) in [5.74, 6) is -0.308. The fraction of sp³-hybridized carbons (Fsp3) is 0.615. The molecule has 17 heavy (non-hydrogen) atoms. The predicted molar refractivity (Wildman–Crippen MR) is 69.9 cm³/mol. The molecule has 0 saturated carbocycles. The van der Waals surface area contributed by atoms with E-state index in [1.807, 2.05) is 0 Å². The van der Waals surface area contributed by atoms with Gasteiger partial charge in [-0.1, -0.05) is 31.9 Å². The van der Waals surface area contributed by atoms with Gasteiger partial charge in [0.2, 0.25) is 0 Å². The molecule has 1 N–H and O–H groups in total. The first-order valence-electron chi connectivity index (χ1n) is 6.20. The highest BCUT2D eigenvalue weighted by atomic mass is 35.5. The third kappa shape index (κ3) is 5.00. The second kappa shape index (κ2) is 7.62. The summed E-state index contributed by atoms with van der Waals surface area (Å²) < 4.78 is 13.6. The van der Waals surface area contributed by atoms with Crippen molar-refractivity contribution in [2.75, 3.05) is 6.54 Å². The van der Waals surface area contributed by atoms with Crippen LogP contribution in [0.1, 0.15) is 38.8 Å². The third-order valence-corrected chi connectivity index (χ3v) is 2.85. The molecule has 1 aromatic heterocycles. The number of aromatic nitrogens is 1. The minimum absolute atomic E-state index is 0.295. The van der Waals surface area contributed by atoms with Crippen molar-refractivity contribution in [2.24, 2.45) is 0 Å². The molecule has 1 atom stereocenters. The van der Waals surface area contributed by atoms with Crippen LogP contribution in [0.5, 0.6) is 0 Å². The molecule has 1 heterocycles. The van der Waals surface area contributed by atoms with Crippen molar-refractivity contribution >= 4 is 11.6 Å². The van der Waals surface area contributed by atoms with Crippen LogP contribution in [0.25, 0.3) is 0 Å². The van der Waals surface area contributed by atoms with Gasteiger partial charge in [-0.15, -0.1) is 0 Å². The highest BCUT2D eigenvalue weighted by molar-refractivity contribution is 6.30. The Balaban J connectivity index is 2.64. The molecule has 0 spiro atoms. The van der Waals surface area contributed by atoms with Crippen LogP contribution in [0.15, 0.2) is 12.3 Å². The quantitative estimate of drug-likeness (QED) is 0.809. The molecule has 0 fully saturated rings. The molecule has 0 amide bonds. The maximum Gasteiger partial charge on any atom is 0.146 e. The summed E-state index contributed by atoms with van der Waals surface area (Å²) in [5, 5.41) is 3.77. The first kappa shape index (κ1) is 14.4. The van der Waals surface area contributed by atoms with Gasteiger partial charge in [0.1, 0.15) is 5.82 Å². The SMILES string of the molecule is CCCNC(CCC)Cc1ncc(Cl)cc1F. The van der Waals surface area contributed by atoms with Crippen molar-refractivity contribution in [3.8, 4) is 0 Å². The van der Waals surface area contributed by atoms with E-state index >= 15 is 0 Å². The highest BCUT2D eigenvalue weighted by Gasteiger charge is 2.12. The lowest BCUT2D eigenvalue weighted by molar-refractivity contribution is 0.458. The first-order valence-corrected chi connectivity index (χ1v) is 6.58. The van der Waals surface area contributed by atoms with E-state index < -0.39 is 0 Å². The number of nitrogens with zero attached hydrogens (tertiary/aromatic N) is 1. The monoisotopic (exact) mass is 258 g/mol. The lowest BCUT2D eigenvalue weighted by atomic mass is 10.1. The van der Waals surface area contributed by atoms with Gasteiger partial charge in [-0.3, -0.25) is 4.98 Å². The van der Waals surface area contributed by atoms with E-state index in [1.54, 1.807) is 0 Å². The Morgan fingerprint density at radius 3 is 2.76 bits per heavy atom. The number of pyridine rings is 1. The minimum atomic E-state index is -0.308. The van der Waals surface area contributed by atoms with Crippen molar-refractivity contribution < 1.29 is 4.39 Å². The number of hydrogen-bond donors (Lipinski definition) is 1. The first-order chi connectivity index (χ1) is 8.17. The van der Waals surface area contributed by atoms with E-state index in [-0.39, 0.29) is 5.82 Å². The zero-order valence-corrected chi connectivity index (χ0v) is 11.2. The summed E-state index contributed by atoms with van der Waals surface area (Å²) >= 11 is 5.68. The maximum atomic E-state index is 13.6. The molecule has 96 valence electrons. The van der Waals surface area contributed by atoms with Crippen LogP contribution < -0.4 is 5.32 Å². The molecule has 1 aromatic rings. The van der Waals surface area contributed by atoms with Crippen LogP contribution in [-0.4, -0.2) is 17.6 Å². The van der Waals surface area contributed by atoms with Crippen molar-refractivity contribution in [2.45, 2.75) is 45.6 Å². The molecular formula is C13H20ClFN2. The van der Waals surface area contributed by atoms with E-state index in [2.05, 4.69) is 24.1 Å². The van der Waals surface area contributed by atoms with Gasteiger partial charge >= 0.3 is 0 Å². The average Bonchev–Trinajstić information content (AvgIpc) is 2.29. The van der Waals surface area contributed by atoms with E-state index in [0.29, 0.717) is 23.2 Å². The molecule has 0 bridgehead atoms. The van der Waals surface area contributed by atoms with Gasteiger partial charge in [0.05, 0.1) is 10.7 Å². The molecule has 4 heteroatoms. The molecule has 0 radical (unpaired) electrons. The van der Waals surface area contributed by atoms with Crippen LogP contribution in [-0.2, 0) is 6.42 Å². The smallest absolute Gasteiger partial charge is 0.146 e. The van der Waals surface area contributed by atoms with Crippen LogP contribution >= 0.6 is 11.6 Å². The van der Waals surface area contributed by atoms with Crippen molar-refractivity contribution in [1.29, 1.82) is 0 Å². The molecule has 0 aliphatic heterocycles. The summed E-state index contributed by atoms with van der Waals surface area (Å²) in [6, 6.07) is 1.62. The van der Waals surface area contributed by atoms with Crippen LogP contribution in [0.3, 0.4) is 0 Å². The lowest BCUT2D eigenvalue weighted by Gasteiger charge is -2.17. The molecular weight excluding hydrogens is 239 g/mol. The average molecular weight is 259 g/mol. The second-order valence-corrected chi connectivity index (χ2v) is 4.66. The van der Waals surface area contributed by atoms with E-state index in [4.69, 9.17) is 11.6 Å². The molecule has 1 unspecified atom stereocenters. The molecule has 0 aliphatic carbocycles. The summed E-state index contributed by atoms with van der Waals surface area (Å²) in [4.78, 5) is 4.06. The highest BCUT2D eigenvalue weighted by Crippen LogP contribution is 2.14. The lowest BCUT2D eigenvalue weighted by Crippen LogP contribution is -2.32. The van der Waals surface area contributed by atoms with E-state index in [0.717, 1.165) is 25.8 Å². The van der Waals surface area contributed by atoms with Crippen molar-refractivity contribution in [3.05, 3.63) is 28.8 Å². The zero-order valence-electron chi connectivity index (χ0n) is 10.5. The van der Waals surface area contributed by atoms with Crippen LogP contribution in [0.2, 0.25) is 5.02 Å². The Bertz CT molecular complexity index is 344. The zero-order chi connectivity index (χ0) is 12.7. The van der Waals surface area contributed by atoms with E-state index in [1.165, 1.54) is 12.3 Å². The van der Waals surface area contributed by atoms with Crippen molar-refractivity contribution in [1.82, 2.24) is 10.3 Å². The Kier molecular flexibility index (Phi) is 6.45. The standard InChI is InChI=1S/C13H20ClFN2/c1-3-5-11(16-6-4-2)8-13-12(15)7-10(14)9-17-13/h7,9,11,16H,3-6,8H2,1-2H3. The molecule has 1 rings (SSSR count). The number of halogens is 2. The largest absolute Gasteiger partial charge is 0.314 e. The Morgan fingerprint density at radius 1 is 1.41 bits per heavy atom. The van der Waals surface area contributed by atoms with Gasteiger partial charge in [0.15, 0.2) is 0 Å². The van der Waals surface area contributed by atoms with Gasteiger partial charge in [0, 0.05) is 18.7 Å². The van der Waals surface area contributed by atoms with Crippen LogP contribution in [0, 0.1) is 5.82 Å². The predicted octanol–water partition coefficient (Wildman–Crippen LogP) is 3.58. The van der Waals surface area contributed by atoms with Gasteiger partial charge in [0.25, 0.3) is 0 Å². The molecule has 0 aromatic carbocycles. The molecule has 0 saturated heterocycles. The van der Waals surface area contributed by atoms with Gasteiger partial charge in [-0.2, -0.15) is 0 Å². The van der Waals surface area contributed by atoms with Gasteiger partial charge in [-0.05, 0) is 25.5 Å². The topological polar surface area (TPSA) is 24.9 Å². The fourth-order valence-electron chi connectivity index (χ4n) is 1.80. The Hall–Kier alpha value is -0.670. The third-order valence-electron chi connectivity index (χ3n) is 2.64. The Labute approximate surface area is 108 Å². The summed E-state index contributed by atoms with van der Waals surface area (Å²) in [5.41, 5.74) is 0.497. The molecule has 0 aliphatic rings. The summed E-state index contributed by atoms with van der Waals surface area (Å²) in [6.07, 6.45) is 5.32. The normalized spacial score (nSPS) is 12.7. The van der Waals surface area contributed by atoms with Crippen molar-refractivity contribution in [3.63, 3.8) is 0 Å². The number of hydrogen-bond acceptors (Lipinski definition) is 2. The van der Waals surface area contributed by atoms with Gasteiger partial charge < -0.3 is 5.32 Å². The molecule has 2 nitrogen and oxygen atoms in total. The Morgan fingerprint density at radius 2 is 2.18 bits per heavy atom. The van der Waals surface area contributed by atoms with Gasteiger partial charge in [-0.25, -0.2) is 4.39 Å². The number of rotatable bonds is 7. The fourth-order valence-corrected chi connectivity index (χ4v) is 1.94. The minimum Gasteiger partial charge on any atom is -0.314 e. The number of nitrogens with one attached hydrogen (secondary N) is 1. The summed E-state index contributed by atoms with van der Waals surface area (Å²) in [7, 11) is 0. The van der Waals surface area contributed by atoms with E-state index in [9.17, 15) is 4.39 Å². The maximum absolute atomic E-state index is 13.6.